The molecule has 0 radical (unpaired) electrons. The summed E-state index contributed by atoms with van der Waals surface area (Å²) in [6.45, 7) is 5.27. The van der Waals surface area contributed by atoms with Crippen LogP contribution in [0.2, 0.25) is 0 Å². The van der Waals surface area contributed by atoms with E-state index in [9.17, 15) is 13.2 Å². The van der Waals surface area contributed by atoms with E-state index in [1.54, 1.807) is 0 Å². The highest BCUT2D eigenvalue weighted by atomic mass is 35.5. The molecule has 0 atom stereocenters. The van der Waals surface area contributed by atoms with Gasteiger partial charge < -0.3 is 11.1 Å². The van der Waals surface area contributed by atoms with E-state index in [1.165, 1.54) is 4.31 Å². The first-order valence-electron chi connectivity index (χ1n) is 6.76. The number of hydrogen-bond acceptors (Lipinski definition) is 4. The Balaban J connectivity index is 0.00000361. The van der Waals surface area contributed by atoms with Gasteiger partial charge in [0.15, 0.2) is 0 Å². The first-order chi connectivity index (χ1) is 8.77. The van der Waals surface area contributed by atoms with Gasteiger partial charge in [0.05, 0.1) is 5.75 Å². The van der Waals surface area contributed by atoms with Crippen LogP contribution in [0.15, 0.2) is 0 Å². The molecule has 8 heteroatoms. The third kappa shape index (κ3) is 6.39. The van der Waals surface area contributed by atoms with Gasteiger partial charge in [0.25, 0.3) is 0 Å². The second kappa shape index (κ2) is 8.17. The summed E-state index contributed by atoms with van der Waals surface area (Å²) in [4.78, 5) is 11.6. The molecule has 6 nitrogen and oxygen atoms in total. The molecular formula is C12H26ClN3O3S. The van der Waals surface area contributed by atoms with Crippen LogP contribution in [0.5, 0.6) is 0 Å². The van der Waals surface area contributed by atoms with Gasteiger partial charge in [-0.25, -0.2) is 12.7 Å². The summed E-state index contributed by atoms with van der Waals surface area (Å²) in [5, 5.41) is 2.79. The minimum Gasteiger partial charge on any atom is -0.350 e. The largest absolute Gasteiger partial charge is 0.350 e. The van der Waals surface area contributed by atoms with Crippen LogP contribution in [0.4, 0.5) is 0 Å². The standard InChI is InChI=1S/C12H25N3O3S.ClH/c1-12(2,10-13)14-11(16)6-5-9-19(17,18)15-7-3-4-8-15;/h3-10,13H2,1-2H3,(H,14,16);1H. The zero-order valence-corrected chi connectivity index (χ0v) is 13.9. The van der Waals surface area contributed by atoms with E-state index in [1.807, 2.05) is 13.8 Å². The van der Waals surface area contributed by atoms with Crippen molar-refractivity contribution in [3.63, 3.8) is 0 Å². The van der Waals surface area contributed by atoms with Crippen LogP contribution < -0.4 is 11.1 Å². The molecule has 1 heterocycles. The molecule has 1 aliphatic rings. The number of halogens is 1. The van der Waals surface area contributed by atoms with E-state index >= 15 is 0 Å². The molecule has 0 aliphatic carbocycles. The summed E-state index contributed by atoms with van der Waals surface area (Å²) in [5.74, 6) is -0.101. The molecule has 0 bridgehead atoms. The smallest absolute Gasteiger partial charge is 0.220 e. The Morgan fingerprint density at radius 1 is 1.30 bits per heavy atom. The molecular weight excluding hydrogens is 302 g/mol. The molecule has 1 amide bonds. The van der Waals surface area contributed by atoms with Crippen LogP contribution in [0.3, 0.4) is 0 Å². The van der Waals surface area contributed by atoms with Crippen LogP contribution in [-0.4, -0.2) is 49.6 Å². The maximum absolute atomic E-state index is 11.9. The predicted octanol–water partition coefficient (Wildman–Crippen LogP) is 0.468. The number of carbonyl (C=O) groups excluding carboxylic acids is 1. The Morgan fingerprint density at radius 2 is 1.85 bits per heavy atom. The Morgan fingerprint density at radius 3 is 2.35 bits per heavy atom. The number of amides is 1. The van der Waals surface area contributed by atoms with E-state index in [2.05, 4.69) is 5.32 Å². The molecule has 1 aliphatic heterocycles. The molecule has 0 aromatic carbocycles. The molecule has 0 spiro atoms. The lowest BCUT2D eigenvalue weighted by molar-refractivity contribution is -0.122. The van der Waals surface area contributed by atoms with Crippen molar-refractivity contribution < 1.29 is 13.2 Å². The zero-order valence-electron chi connectivity index (χ0n) is 12.2. The van der Waals surface area contributed by atoms with Crippen molar-refractivity contribution in [2.75, 3.05) is 25.4 Å². The maximum atomic E-state index is 11.9. The van der Waals surface area contributed by atoms with E-state index in [0.717, 1.165) is 12.8 Å². The van der Waals surface area contributed by atoms with Gasteiger partial charge in [-0.3, -0.25) is 4.79 Å². The van der Waals surface area contributed by atoms with Crippen LogP contribution in [0.25, 0.3) is 0 Å². The lowest BCUT2D eigenvalue weighted by Gasteiger charge is -2.24. The second-order valence-corrected chi connectivity index (χ2v) is 7.75. The quantitative estimate of drug-likeness (QED) is 0.711. The summed E-state index contributed by atoms with van der Waals surface area (Å²) >= 11 is 0. The topological polar surface area (TPSA) is 92.5 Å². The molecule has 0 saturated carbocycles. The van der Waals surface area contributed by atoms with Gasteiger partial charge in [-0.15, -0.1) is 12.4 Å². The second-order valence-electron chi connectivity index (χ2n) is 5.66. The normalized spacial score (nSPS) is 16.8. The number of hydrogen-bond donors (Lipinski definition) is 2. The fraction of sp³-hybridized carbons (Fsp3) is 0.917. The minimum atomic E-state index is -3.18. The van der Waals surface area contributed by atoms with Crippen LogP contribution in [0, 0.1) is 0 Å². The average molecular weight is 328 g/mol. The highest BCUT2D eigenvalue weighted by Crippen LogP contribution is 2.14. The third-order valence-electron chi connectivity index (χ3n) is 3.25. The number of nitrogens with zero attached hydrogens (tertiary/aromatic N) is 1. The molecule has 1 fully saturated rings. The Kier molecular flexibility index (Phi) is 8.01. The first-order valence-corrected chi connectivity index (χ1v) is 8.37. The zero-order chi connectivity index (χ0) is 14.5. The Hall–Kier alpha value is -0.370. The van der Waals surface area contributed by atoms with Gasteiger partial charge in [0.2, 0.25) is 15.9 Å². The summed E-state index contributed by atoms with van der Waals surface area (Å²) in [6.07, 6.45) is 2.44. The van der Waals surface area contributed by atoms with Gasteiger partial charge in [-0.1, -0.05) is 0 Å². The number of carbonyl (C=O) groups is 1. The highest BCUT2D eigenvalue weighted by molar-refractivity contribution is 7.89. The van der Waals surface area contributed by atoms with E-state index in [0.29, 0.717) is 26.1 Å². The van der Waals surface area contributed by atoms with Crippen molar-refractivity contribution in [2.45, 2.75) is 45.1 Å². The predicted molar refractivity (Wildman–Crippen MR) is 82.4 cm³/mol. The summed E-state index contributed by atoms with van der Waals surface area (Å²) in [6, 6.07) is 0. The van der Waals surface area contributed by atoms with Crippen molar-refractivity contribution in [1.82, 2.24) is 9.62 Å². The van der Waals surface area contributed by atoms with Gasteiger partial charge in [0.1, 0.15) is 0 Å². The van der Waals surface area contributed by atoms with Crippen LogP contribution in [-0.2, 0) is 14.8 Å². The third-order valence-corrected chi connectivity index (χ3v) is 5.21. The lowest BCUT2D eigenvalue weighted by Crippen LogP contribution is -2.48. The molecule has 0 aromatic heterocycles. The maximum Gasteiger partial charge on any atom is 0.220 e. The van der Waals surface area contributed by atoms with E-state index in [-0.39, 0.29) is 30.5 Å². The summed E-state index contributed by atoms with van der Waals surface area (Å²) in [5.41, 5.74) is 5.08. The number of rotatable bonds is 7. The Labute approximate surface area is 127 Å². The molecule has 0 unspecified atom stereocenters. The van der Waals surface area contributed by atoms with Gasteiger partial charge in [0, 0.05) is 31.6 Å². The minimum absolute atomic E-state index is 0. The van der Waals surface area contributed by atoms with Crippen LogP contribution in [0.1, 0.15) is 39.5 Å². The number of nitrogens with two attached hydrogens (primary N) is 1. The number of sulfonamides is 1. The molecule has 20 heavy (non-hydrogen) atoms. The average Bonchev–Trinajstić information content (AvgIpc) is 2.82. The lowest BCUT2D eigenvalue weighted by atomic mass is 10.1. The van der Waals surface area contributed by atoms with Crippen molar-refractivity contribution in [1.29, 1.82) is 0 Å². The summed E-state index contributed by atoms with van der Waals surface area (Å²) in [7, 11) is -3.18. The van der Waals surface area contributed by atoms with Gasteiger partial charge in [-0.05, 0) is 33.1 Å². The van der Waals surface area contributed by atoms with Crippen molar-refractivity contribution >= 4 is 28.3 Å². The summed E-state index contributed by atoms with van der Waals surface area (Å²) < 4.78 is 25.4. The van der Waals surface area contributed by atoms with Crippen molar-refractivity contribution in [3.05, 3.63) is 0 Å². The molecule has 120 valence electrons. The van der Waals surface area contributed by atoms with E-state index in [4.69, 9.17) is 5.73 Å². The Bertz CT molecular complexity index is 406. The molecule has 3 N–H and O–H groups in total. The fourth-order valence-corrected chi connectivity index (χ4v) is 3.58. The van der Waals surface area contributed by atoms with Crippen LogP contribution >= 0.6 is 12.4 Å². The highest BCUT2D eigenvalue weighted by Gasteiger charge is 2.25. The fourth-order valence-electron chi connectivity index (χ4n) is 2.00. The number of nitrogens with one attached hydrogen (secondary N) is 1. The monoisotopic (exact) mass is 327 g/mol. The molecule has 0 aromatic rings. The van der Waals surface area contributed by atoms with Crippen molar-refractivity contribution in [3.8, 4) is 0 Å². The SMILES string of the molecule is CC(C)(CN)NC(=O)CCCS(=O)(=O)N1CCCC1.Cl. The van der Waals surface area contributed by atoms with Gasteiger partial charge >= 0.3 is 0 Å². The van der Waals surface area contributed by atoms with E-state index < -0.39 is 15.6 Å². The van der Waals surface area contributed by atoms with Crippen molar-refractivity contribution in [2.24, 2.45) is 5.73 Å². The first kappa shape index (κ1) is 19.6. The van der Waals surface area contributed by atoms with Gasteiger partial charge in [-0.2, -0.15) is 0 Å². The molecule has 1 rings (SSSR count). The molecule has 1 saturated heterocycles.